The Labute approximate surface area is 106 Å². The predicted molar refractivity (Wildman–Crippen MR) is 65.8 cm³/mol. The van der Waals surface area contributed by atoms with Crippen molar-refractivity contribution >= 4 is 11.6 Å². The molecule has 2 nitrogen and oxygen atoms in total. The Morgan fingerprint density at radius 1 is 1.29 bits per heavy atom. The van der Waals surface area contributed by atoms with Gasteiger partial charge in [-0.15, -0.1) is 0 Å². The van der Waals surface area contributed by atoms with E-state index in [1.54, 1.807) is 0 Å². The fourth-order valence-corrected chi connectivity index (χ4v) is 2.76. The van der Waals surface area contributed by atoms with Gasteiger partial charge in [0.15, 0.2) is 5.82 Å². The third kappa shape index (κ3) is 3.32. The molecule has 0 spiro atoms. The molecule has 2 unspecified atom stereocenters. The summed E-state index contributed by atoms with van der Waals surface area (Å²) in [5.74, 6) is 0.835. The molecule has 1 heterocycles. The van der Waals surface area contributed by atoms with Crippen LogP contribution in [0.4, 0.5) is 4.39 Å². The molecule has 0 N–H and O–H groups in total. The standard InChI is InChI=1S/C13H17ClFNO/c1-8-3-9(2)5-11(4-8)17-13-12(15)6-10(14)7-16-13/h6-9,11H,3-5H2,1-2H3. The molecule has 1 aliphatic carbocycles. The number of hydrogen-bond donors (Lipinski definition) is 0. The molecule has 0 radical (unpaired) electrons. The van der Waals surface area contributed by atoms with Gasteiger partial charge in [-0.1, -0.05) is 25.4 Å². The number of ether oxygens (including phenoxy) is 1. The van der Waals surface area contributed by atoms with Gasteiger partial charge in [-0.3, -0.25) is 0 Å². The highest BCUT2D eigenvalue weighted by atomic mass is 35.5. The molecule has 2 atom stereocenters. The lowest BCUT2D eigenvalue weighted by molar-refractivity contribution is 0.0924. The summed E-state index contributed by atoms with van der Waals surface area (Å²) in [5, 5.41) is 0.292. The van der Waals surface area contributed by atoms with E-state index in [1.165, 1.54) is 18.7 Å². The first-order chi connectivity index (χ1) is 8.04. The van der Waals surface area contributed by atoms with Gasteiger partial charge < -0.3 is 4.74 Å². The summed E-state index contributed by atoms with van der Waals surface area (Å²) in [6, 6.07) is 1.24. The normalized spacial score (nSPS) is 29.1. The lowest BCUT2D eigenvalue weighted by atomic mass is 9.82. The van der Waals surface area contributed by atoms with Gasteiger partial charge in [-0.25, -0.2) is 9.37 Å². The monoisotopic (exact) mass is 257 g/mol. The Balaban J connectivity index is 2.04. The Hall–Kier alpha value is -0.830. The van der Waals surface area contributed by atoms with Crippen LogP contribution in [-0.4, -0.2) is 11.1 Å². The molecule has 1 aromatic rings. The van der Waals surface area contributed by atoms with Crippen molar-refractivity contribution < 1.29 is 9.13 Å². The minimum atomic E-state index is -0.483. The minimum absolute atomic E-state index is 0.0666. The SMILES string of the molecule is CC1CC(C)CC(Oc2ncc(Cl)cc2F)C1. The number of halogens is 2. The van der Waals surface area contributed by atoms with E-state index in [4.69, 9.17) is 16.3 Å². The second-order valence-electron chi connectivity index (χ2n) is 5.10. The molecule has 1 fully saturated rings. The van der Waals surface area contributed by atoms with Crippen LogP contribution in [0.15, 0.2) is 12.3 Å². The molecule has 0 bridgehead atoms. The molecule has 0 saturated heterocycles. The first-order valence-electron chi connectivity index (χ1n) is 6.02. The molecule has 2 rings (SSSR count). The van der Waals surface area contributed by atoms with E-state index in [0.717, 1.165) is 12.8 Å². The van der Waals surface area contributed by atoms with Crippen LogP contribution >= 0.6 is 11.6 Å². The van der Waals surface area contributed by atoms with Crippen LogP contribution in [0, 0.1) is 17.7 Å². The molecule has 1 aliphatic rings. The van der Waals surface area contributed by atoms with Crippen molar-refractivity contribution in [3.63, 3.8) is 0 Å². The highest BCUT2D eigenvalue weighted by Crippen LogP contribution is 2.31. The van der Waals surface area contributed by atoms with Crippen LogP contribution in [0.5, 0.6) is 5.88 Å². The highest BCUT2D eigenvalue weighted by molar-refractivity contribution is 6.30. The van der Waals surface area contributed by atoms with Crippen LogP contribution in [-0.2, 0) is 0 Å². The van der Waals surface area contributed by atoms with Crippen LogP contribution < -0.4 is 4.74 Å². The molecule has 1 saturated carbocycles. The van der Waals surface area contributed by atoms with Crippen molar-refractivity contribution in [1.82, 2.24) is 4.98 Å². The molecule has 1 aromatic heterocycles. The highest BCUT2D eigenvalue weighted by Gasteiger charge is 2.26. The smallest absolute Gasteiger partial charge is 0.250 e. The summed E-state index contributed by atoms with van der Waals surface area (Å²) < 4.78 is 19.2. The van der Waals surface area contributed by atoms with Gasteiger partial charge in [0.1, 0.15) is 6.10 Å². The number of rotatable bonds is 2. The fourth-order valence-electron chi connectivity index (χ4n) is 2.62. The minimum Gasteiger partial charge on any atom is -0.472 e. The zero-order valence-corrected chi connectivity index (χ0v) is 10.9. The van der Waals surface area contributed by atoms with Gasteiger partial charge in [0, 0.05) is 6.20 Å². The third-order valence-electron chi connectivity index (χ3n) is 3.19. The average Bonchev–Trinajstić information content (AvgIpc) is 2.21. The van der Waals surface area contributed by atoms with Crippen molar-refractivity contribution in [3.8, 4) is 5.88 Å². The number of hydrogen-bond acceptors (Lipinski definition) is 2. The van der Waals surface area contributed by atoms with Gasteiger partial charge in [0.05, 0.1) is 5.02 Å². The third-order valence-corrected chi connectivity index (χ3v) is 3.39. The molecular weight excluding hydrogens is 241 g/mol. The van der Waals surface area contributed by atoms with Crippen molar-refractivity contribution in [2.75, 3.05) is 0 Å². The number of pyridine rings is 1. The average molecular weight is 258 g/mol. The van der Waals surface area contributed by atoms with Gasteiger partial charge >= 0.3 is 0 Å². The maximum atomic E-state index is 13.5. The lowest BCUT2D eigenvalue weighted by Crippen LogP contribution is -2.29. The summed E-state index contributed by atoms with van der Waals surface area (Å²) >= 11 is 5.65. The lowest BCUT2D eigenvalue weighted by Gasteiger charge is -2.31. The van der Waals surface area contributed by atoms with Gasteiger partial charge in [0.2, 0.25) is 0 Å². The van der Waals surface area contributed by atoms with Gasteiger partial charge in [-0.05, 0) is 37.2 Å². The molecule has 4 heteroatoms. The topological polar surface area (TPSA) is 22.1 Å². The molecule has 0 amide bonds. The molecule has 94 valence electrons. The zero-order valence-electron chi connectivity index (χ0n) is 10.1. The van der Waals surface area contributed by atoms with Gasteiger partial charge in [-0.2, -0.15) is 0 Å². The second-order valence-corrected chi connectivity index (χ2v) is 5.53. The predicted octanol–water partition coefficient (Wildman–Crippen LogP) is 4.08. The van der Waals surface area contributed by atoms with E-state index in [0.29, 0.717) is 16.9 Å². The summed E-state index contributed by atoms with van der Waals surface area (Å²) in [7, 11) is 0. The van der Waals surface area contributed by atoms with Crippen molar-refractivity contribution in [1.29, 1.82) is 0 Å². The van der Waals surface area contributed by atoms with E-state index in [-0.39, 0.29) is 12.0 Å². The molecule has 0 aromatic carbocycles. The number of nitrogens with zero attached hydrogens (tertiary/aromatic N) is 1. The van der Waals surface area contributed by atoms with Crippen LogP contribution in [0.25, 0.3) is 0 Å². The number of aromatic nitrogens is 1. The van der Waals surface area contributed by atoms with E-state index in [9.17, 15) is 4.39 Å². The van der Waals surface area contributed by atoms with E-state index in [2.05, 4.69) is 18.8 Å². The van der Waals surface area contributed by atoms with E-state index in [1.807, 2.05) is 0 Å². The molecular formula is C13H17ClFNO. The largest absolute Gasteiger partial charge is 0.472 e. The summed E-state index contributed by atoms with van der Waals surface area (Å²) in [4.78, 5) is 3.89. The molecule has 17 heavy (non-hydrogen) atoms. The van der Waals surface area contributed by atoms with Gasteiger partial charge in [0.25, 0.3) is 5.88 Å². The van der Waals surface area contributed by atoms with Crippen LogP contribution in [0.1, 0.15) is 33.1 Å². The zero-order chi connectivity index (χ0) is 12.4. The Kier molecular flexibility index (Phi) is 3.87. The van der Waals surface area contributed by atoms with E-state index < -0.39 is 5.82 Å². The fraction of sp³-hybridized carbons (Fsp3) is 0.615. The Morgan fingerprint density at radius 3 is 2.53 bits per heavy atom. The summed E-state index contributed by atoms with van der Waals surface area (Å²) in [6.07, 6.45) is 4.63. The Bertz CT molecular complexity index is 389. The quantitative estimate of drug-likeness (QED) is 0.797. The van der Waals surface area contributed by atoms with Crippen molar-refractivity contribution in [2.24, 2.45) is 11.8 Å². The Morgan fingerprint density at radius 2 is 1.94 bits per heavy atom. The maximum absolute atomic E-state index is 13.5. The van der Waals surface area contributed by atoms with Crippen LogP contribution in [0.3, 0.4) is 0 Å². The van der Waals surface area contributed by atoms with E-state index >= 15 is 0 Å². The first-order valence-corrected chi connectivity index (χ1v) is 6.40. The second kappa shape index (κ2) is 5.21. The first kappa shape index (κ1) is 12.6. The van der Waals surface area contributed by atoms with Crippen LogP contribution in [0.2, 0.25) is 5.02 Å². The summed E-state index contributed by atoms with van der Waals surface area (Å²) in [5.41, 5.74) is 0. The maximum Gasteiger partial charge on any atom is 0.250 e. The molecule has 0 aliphatic heterocycles. The van der Waals surface area contributed by atoms with Crippen molar-refractivity contribution in [3.05, 3.63) is 23.1 Å². The summed E-state index contributed by atoms with van der Waals surface area (Å²) in [6.45, 7) is 4.41. The van der Waals surface area contributed by atoms with Crippen molar-refractivity contribution in [2.45, 2.75) is 39.2 Å².